The van der Waals surface area contributed by atoms with Crippen LogP contribution in [0.3, 0.4) is 0 Å². The number of nitrogens with two attached hydrogens (primary N) is 1. The minimum Gasteiger partial charge on any atom is -0.364 e. The van der Waals surface area contributed by atoms with Crippen LogP contribution in [-0.4, -0.2) is 26.6 Å². The molecule has 0 aliphatic carbocycles. The Morgan fingerprint density at radius 2 is 2.00 bits per heavy atom. The van der Waals surface area contributed by atoms with Crippen LogP contribution in [0.4, 0.5) is 10.1 Å². The Balaban J connectivity index is 1.83. The number of aromatic amines is 1. The highest BCUT2D eigenvalue weighted by Crippen LogP contribution is 2.17. The van der Waals surface area contributed by atoms with Crippen molar-refractivity contribution in [3.8, 4) is 5.69 Å². The van der Waals surface area contributed by atoms with Crippen molar-refractivity contribution in [3.05, 3.63) is 65.5 Å². The number of amides is 2. The molecule has 0 saturated heterocycles. The summed E-state index contributed by atoms with van der Waals surface area (Å²) in [5.74, 6) is -1.34. The lowest BCUT2D eigenvalue weighted by Crippen LogP contribution is -2.13. The summed E-state index contributed by atoms with van der Waals surface area (Å²) in [6, 6.07) is 7.23. The molecule has 4 N–H and O–H groups in total. The Kier molecular flexibility index (Phi) is 3.87. The van der Waals surface area contributed by atoms with Gasteiger partial charge in [0, 0.05) is 6.20 Å². The van der Waals surface area contributed by atoms with E-state index in [1.54, 1.807) is 23.7 Å². The van der Waals surface area contributed by atoms with Crippen LogP contribution in [0.15, 0.2) is 42.7 Å². The Hall–Kier alpha value is -3.42. The molecule has 0 aliphatic rings. The van der Waals surface area contributed by atoms with Crippen LogP contribution in [-0.2, 0) is 0 Å². The lowest BCUT2D eigenvalue weighted by molar-refractivity contribution is 0.0993. The predicted octanol–water partition coefficient (Wildman–Crippen LogP) is 2.00. The molecule has 0 aliphatic heterocycles. The summed E-state index contributed by atoms with van der Waals surface area (Å²) in [5, 5.41) is 6.82. The van der Waals surface area contributed by atoms with Crippen LogP contribution in [0.25, 0.3) is 5.69 Å². The maximum atomic E-state index is 13.0. The van der Waals surface area contributed by atoms with Gasteiger partial charge >= 0.3 is 0 Å². The van der Waals surface area contributed by atoms with E-state index in [9.17, 15) is 14.0 Å². The number of nitrogens with one attached hydrogen (secondary N) is 2. The van der Waals surface area contributed by atoms with Crippen LogP contribution in [0.1, 0.15) is 26.5 Å². The van der Waals surface area contributed by atoms with E-state index >= 15 is 0 Å². The second kappa shape index (κ2) is 5.99. The molecule has 122 valence electrons. The van der Waals surface area contributed by atoms with Crippen molar-refractivity contribution in [2.75, 3.05) is 5.32 Å². The van der Waals surface area contributed by atoms with Gasteiger partial charge in [0.1, 0.15) is 11.5 Å². The van der Waals surface area contributed by atoms with Crippen molar-refractivity contribution >= 4 is 17.5 Å². The normalized spacial score (nSPS) is 10.6. The first kappa shape index (κ1) is 15.5. The third-order valence-electron chi connectivity index (χ3n) is 3.53. The number of carbonyl (C=O) groups is 2. The molecule has 0 bridgehead atoms. The zero-order chi connectivity index (χ0) is 17.3. The standard InChI is InChI=1S/C16H14FN5O2/c1-9-13(8-20-22(9)12-4-2-10(17)3-5-12)16(24)21-11-6-14(15(18)23)19-7-11/h2-8,19H,1H3,(H2,18,23)(H,21,24). The van der Waals surface area contributed by atoms with E-state index in [4.69, 9.17) is 5.73 Å². The first-order valence-electron chi connectivity index (χ1n) is 7.06. The molecule has 3 rings (SSSR count). The molecule has 1 aromatic carbocycles. The Morgan fingerprint density at radius 1 is 1.29 bits per heavy atom. The second-order valence-corrected chi connectivity index (χ2v) is 5.15. The Labute approximate surface area is 136 Å². The number of halogens is 1. The maximum Gasteiger partial charge on any atom is 0.265 e. The first-order valence-corrected chi connectivity index (χ1v) is 7.06. The number of hydrogen-bond donors (Lipinski definition) is 3. The molecule has 2 amide bonds. The number of carbonyl (C=O) groups excluding carboxylic acids is 2. The SMILES string of the molecule is Cc1c(C(=O)Nc2c[nH]c(C(N)=O)c2)cnn1-c1ccc(F)cc1. The van der Waals surface area contributed by atoms with E-state index in [-0.39, 0.29) is 17.4 Å². The van der Waals surface area contributed by atoms with Gasteiger partial charge in [-0.25, -0.2) is 9.07 Å². The van der Waals surface area contributed by atoms with Crippen LogP contribution in [0.2, 0.25) is 0 Å². The number of benzene rings is 1. The van der Waals surface area contributed by atoms with Gasteiger partial charge in [-0.2, -0.15) is 5.10 Å². The number of nitrogens with zero attached hydrogens (tertiary/aromatic N) is 2. The molecular formula is C16H14FN5O2. The molecule has 2 heterocycles. The van der Waals surface area contributed by atoms with Crippen molar-refractivity contribution in [2.45, 2.75) is 6.92 Å². The van der Waals surface area contributed by atoms with Gasteiger partial charge in [-0.1, -0.05) is 0 Å². The zero-order valence-electron chi connectivity index (χ0n) is 12.7. The van der Waals surface area contributed by atoms with Gasteiger partial charge in [0.2, 0.25) is 0 Å². The van der Waals surface area contributed by atoms with E-state index in [2.05, 4.69) is 15.4 Å². The summed E-state index contributed by atoms with van der Waals surface area (Å²) >= 11 is 0. The molecule has 24 heavy (non-hydrogen) atoms. The summed E-state index contributed by atoms with van der Waals surface area (Å²) in [7, 11) is 0. The van der Waals surface area contributed by atoms with Crippen LogP contribution >= 0.6 is 0 Å². The molecule has 2 aromatic heterocycles. The monoisotopic (exact) mass is 327 g/mol. The molecular weight excluding hydrogens is 313 g/mol. The number of aromatic nitrogens is 3. The number of primary amides is 1. The van der Waals surface area contributed by atoms with E-state index in [1.807, 2.05) is 0 Å². The van der Waals surface area contributed by atoms with E-state index < -0.39 is 5.91 Å². The van der Waals surface area contributed by atoms with E-state index in [1.165, 1.54) is 30.6 Å². The topological polar surface area (TPSA) is 106 Å². The summed E-state index contributed by atoms with van der Waals surface area (Å²) in [6.07, 6.45) is 2.90. The Bertz CT molecular complexity index is 911. The summed E-state index contributed by atoms with van der Waals surface area (Å²) in [5.41, 5.74) is 7.37. The number of anilines is 1. The fraction of sp³-hybridized carbons (Fsp3) is 0.0625. The van der Waals surface area contributed by atoms with Crippen molar-refractivity contribution in [1.82, 2.24) is 14.8 Å². The van der Waals surface area contributed by atoms with Crippen molar-refractivity contribution in [1.29, 1.82) is 0 Å². The quantitative estimate of drug-likeness (QED) is 0.682. The summed E-state index contributed by atoms with van der Waals surface area (Å²) in [4.78, 5) is 26.1. The number of hydrogen-bond acceptors (Lipinski definition) is 3. The molecule has 0 saturated carbocycles. The third kappa shape index (κ3) is 2.89. The maximum absolute atomic E-state index is 13.0. The van der Waals surface area contributed by atoms with Gasteiger partial charge in [-0.3, -0.25) is 9.59 Å². The van der Waals surface area contributed by atoms with Gasteiger partial charge in [0.25, 0.3) is 11.8 Å². The van der Waals surface area contributed by atoms with Crippen molar-refractivity contribution in [3.63, 3.8) is 0 Å². The largest absolute Gasteiger partial charge is 0.364 e. The molecule has 0 atom stereocenters. The fourth-order valence-electron chi connectivity index (χ4n) is 2.28. The molecule has 7 nitrogen and oxygen atoms in total. The molecule has 0 radical (unpaired) electrons. The number of H-pyrrole nitrogens is 1. The minimum atomic E-state index is -0.615. The van der Waals surface area contributed by atoms with E-state index in [0.717, 1.165) is 0 Å². The average molecular weight is 327 g/mol. The van der Waals surface area contributed by atoms with Crippen LogP contribution < -0.4 is 11.1 Å². The molecule has 0 fully saturated rings. The highest BCUT2D eigenvalue weighted by Gasteiger charge is 2.16. The van der Waals surface area contributed by atoms with Gasteiger partial charge in [0.05, 0.1) is 28.8 Å². The zero-order valence-corrected chi connectivity index (χ0v) is 12.7. The lowest BCUT2D eigenvalue weighted by Gasteiger charge is -2.05. The Morgan fingerprint density at radius 3 is 2.62 bits per heavy atom. The van der Waals surface area contributed by atoms with Gasteiger partial charge in [-0.05, 0) is 37.3 Å². The van der Waals surface area contributed by atoms with Gasteiger partial charge in [-0.15, -0.1) is 0 Å². The molecule has 0 unspecified atom stereocenters. The van der Waals surface area contributed by atoms with Gasteiger partial charge < -0.3 is 16.0 Å². The number of rotatable bonds is 4. The molecule has 0 spiro atoms. The summed E-state index contributed by atoms with van der Waals surface area (Å²) in [6.45, 7) is 1.73. The van der Waals surface area contributed by atoms with Crippen LogP contribution in [0, 0.1) is 12.7 Å². The first-order chi connectivity index (χ1) is 11.5. The average Bonchev–Trinajstić information content (AvgIpc) is 3.15. The predicted molar refractivity (Wildman–Crippen MR) is 85.5 cm³/mol. The highest BCUT2D eigenvalue weighted by atomic mass is 19.1. The fourth-order valence-corrected chi connectivity index (χ4v) is 2.28. The van der Waals surface area contributed by atoms with Crippen molar-refractivity contribution in [2.24, 2.45) is 5.73 Å². The second-order valence-electron chi connectivity index (χ2n) is 5.15. The van der Waals surface area contributed by atoms with E-state index in [0.29, 0.717) is 22.6 Å². The van der Waals surface area contributed by atoms with Crippen LogP contribution in [0.5, 0.6) is 0 Å². The highest BCUT2D eigenvalue weighted by molar-refractivity contribution is 6.05. The lowest BCUT2D eigenvalue weighted by atomic mass is 10.2. The third-order valence-corrected chi connectivity index (χ3v) is 3.53. The van der Waals surface area contributed by atoms with Gasteiger partial charge in [0.15, 0.2) is 0 Å². The smallest absolute Gasteiger partial charge is 0.265 e. The molecule has 3 aromatic rings. The summed E-state index contributed by atoms with van der Waals surface area (Å²) < 4.78 is 14.5. The van der Waals surface area contributed by atoms with Crippen molar-refractivity contribution < 1.29 is 14.0 Å². The molecule has 8 heteroatoms. The minimum absolute atomic E-state index is 0.198.